The molecule has 0 heterocycles. The van der Waals surface area contributed by atoms with E-state index in [1.807, 2.05) is 42.5 Å². The van der Waals surface area contributed by atoms with Crippen LogP contribution in [0.2, 0.25) is 0 Å². The van der Waals surface area contributed by atoms with Crippen LogP contribution in [0.4, 0.5) is 0 Å². The number of phenols is 1. The molecule has 0 fully saturated rings. The van der Waals surface area contributed by atoms with Crippen molar-refractivity contribution in [3.8, 4) is 16.9 Å². The van der Waals surface area contributed by atoms with Gasteiger partial charge in [-0.15, -0.1) is 0 Å². The van der Waals surface area contributed by atoms with Crippen LogP contribution in [-0.2, 0) is 20.7 Å². The normalized spacial score (nSPS) is 11.4. The van der Waals surface area contributed by atoms with E-state index in [4.69, 9.17) is 4.74 Å². The van der Waals surface area contributed by atoms with Gasteiger partial charge >= 0.3 is 5.97 Å². The number of carbonyl (C=O) groups excluding carboxylic acids is 3. The first kappa shape index (κ1) is 22.7. The van der Waals surface area contributed by atoms with Crippen LogP contribution < -0.4 is 5.32 Å². The van der Waals surface area contributed by atoms with Crippen LogP contribution in [0.15, 0.2) is 78.9 Å². The average Bonchev–Trinajstić information content (AvgIpc) is 2.83. The summed E-state index contributed by atoms with van der Waals surface area (Å²) in [6.45, 7) is 0. The lowest BCUT2D eigenvalue weighted by molar-refractivity contribution is -0.145. The Labute approximate surface area is 186 Å². The maximum atomic E-state index is 12.5. The van der Waals surface area contributed by atoms with Gasteiger partial charge in [0.05, 0.1) is 7.11 Å². The van der Waals surface area contributed by atoms with E-state index >= 15 is 0 Å². The van der Waals surface area contributed by atoms with Crippen LogP contribution in [0, 0.1) is 0 Å². The van der Waals surface area contributed by atoms with Gasteiger partial charge < -0.3 is 15.2 Å². The standard InChI is InChI=1S/C26H25NO5/c1-32-26(31)23(17-18-7-13-22(28)14-8-18)27-25(30)16-15-24(29)21-11-9-20(10-12-21)19-5-3-2-4-6-19/h2-14,23,28H,15-17H2,1H3,(H,27,30)/t23-/m0/s1. The van der Waals surface area contributed by atoms with Gasteiger partial charge in [0.25, 0.3) is 0 Å². The number of carbonyl (C=O) groups is 3. The number of hydrogen-bond acceptors (Lipinski definition) is 5. The predicted molar refractivity (Wildman–Crippen MR) is 121 cm³/mol. The van der Waals surface area contributed by atoms with Gasteiger partial charge in [0.2, 0.25) is 5.91 Å². The van der Waals surface area contributed by atoms with Crippen molar-refractivity contribution >= 4 is 17.7 Å². The zero-order valence-corrected chi connectivity index (χ0v) is 17.8. The SMILES string of the molecule is COC(=O)[C@H](Cc1ccc(O)cc1)NC(=O)CCC(=O)c1ccc(-c2ccccc2)cc1. The molecule has 0 saturated heterocycles. The quantitative estimate of drug-likeness (QED) is 0.396. The van der Waals surface area contributed by atoms with Gasteiger partial charge in [-0.25, -0.2) is 4.79 Å². The van der Waals surface area contributed by atoms with Gasteiger partial charge in [-0.1, -0.05) is 66.7 Å². The molecule has 1 amide bonds. The lowest BCUT2D eigenvalue weighted by Gasteiger charge is -2.16. The Morgan fingerprint density at radius 2 is 1.47 bits per heavy atom. The van der Waals surface area contributed by atoms with E-state index in [2.05, 4.69) is 5.32 Å². The summed E-state index contributed by atoms with van der Waals surface area (Å²) >= 11 is 0. The van der Waals surface area contributed by atoms with Gasteiger partial charge in [-0.05, 0) is 28.8 Å². The predicted octanol–water partition coefficient (Wildman–Crippen LogP) is 3.92. The monoisotopic (exact) mass is 431 g/mol. The highest BCUT2D eigenvalue weighted by Crippen LogP contribution is 2.20. The molecule has 0 aliphatic rings. The first-order valence-electron chi connectivity index (χ1n) is 10.3. The number of esters is 1. The number of methoxy groups -OCH3 is 1. The molecule has 0 unspecified atom stereocenters. The Morgan fingerprint density at radius 1 is 0.844 bits per heavy atom. The van der Waals surface area contributed by atoms with E-state index in [1.54, 1.807) is 24.3 Å². The fourth-order valence-electron chi connectivity index (χ4n) is 3.32. The zero-order valence-electron chi connectivity index (χ0n) is 17.8. The van der Waals surface area contributed by atoms with Crippen molar-refractivity contribution in [2.75, 3.05) is 7.11 Å². The van der Waals surface area contributed by atoms with E-state index in [0.717, 1.165) is 16.7 Å². The number of amides is 1. The summed E-state index contributed by atoms with van der Waals surface area (Å²) in [4.78, 5) is 37.0. The highest BCUT2D eigenvalue weighted by molar-refractivity contribution is 5.98. The number of ketones is 1. The molecule has 6 heteroatoms. The van der Waals surface area contributed by atoms with Crippen molar-refractivity contribution < 1.29 is 24.2 Å². The molecular formula is C26H25NO5. The molecule has 164 valence electrons. The van der Waals surface area contributed by atoms with Crippen LogP contribution in [-0.4, -0.2) is 35.9 Å². The first-order chi connectivity index (χ1) is 15.5. The smallest absolute Gasteiger partial charge is 0.328 e. The Morgan fingerprint density at radius 3 is 2.09 bits per heavy atom. The lowest BCUT2D eigenvalue weighted by atomic mass is 10.0. The molecule has 0 aromatic heterocycles. The number of benzene rings is 3. The summed E-state index contributed by atoms with van der Waals surface area (Å²) in [7, 11) is 1.25. The fraction of sp³-hybridized carbons (Fsp3) is 0.192. The molecule has 3 aromatic rings. The van der Waals surface area contributed by atoms with E-state index < -0.39 is 17.9 Å². The second-order valence-corrected chi connectivity index (χ2v) is 7.38. The summed E-state index contributed by atoms with van der Waals surface area (Å²) in [5.41, 5.74) is 3.36. The van der Waals surface area contributed by atoms with Crippen LogP contribution in [0.25, 0.3) is 11.1 Å². The molecule has 0 saturated carbocycles. The van der Waals surface area contributed by atoms with Gasteiger partial charge in [-0.3, -0.25) is 9.59 Å². The molecule has 3 aromatic carbocycles. The lowest BCUT2D eigenvalue weighted by Crippen LogP contribution is -2.43. The number of ether oxygens (including phenoxy) is 1. The van der Waals surface area contributed by atoms with Crippen LogP contribution in [0.3, 0.4) is 0 Å². The molecule has 6 nitrogen and oxygen atoms in total. The van der Waals surface area contributed by atoms with Crippen molar-refractivity contribution in [1.29, 1.82) is 0 Å². The molecule has 0 spiro atoms. The fourth-order valence-corrected chi connectivity index (χ4v) is 3.32. The second kappa shape index (κ2) is 10.9. The van der Waals surface area contributed by atoms with Crippen molar-refractivity contribution in [3.63, 3.8) is 0 Å². The van der Waals surface area contributed by atoms with E-state index in [0.29, 0.717) is 5.56 Å². The molecule has 32 heavy (non-hydrogen) atoms. The van der Waals surface area contributed by atoms with Crippen LogP contribution >= 0.6 is 0 Å². The maximum absolute atomic E-state index is 12.5. The molecule has 0 aliphatic heterocycles. The first-order valence-corrected chi connectivity index (χ1v) is 10.3. The summed E-state index contributed by atoms with van der Waals surface area (Å²) < 4.78 is 4.78. The van der Waals surface area contributed by atoms with Crippen molar-refractivity contribution in [1.82, 2.24) is 5.32 Å². The summed E-state index contributed by atoms with van der Waals surface area (Å²) in [5.74, 6) is -1.02. The molecule has 0 aliphatic carbocycles. The Kier molecular flexibility index (Phi) is 7.75. The van der Waals surface area contributed by atoms with Crippen molar-refractivity contribution in [2.24, 2.45) is 0 Å². The van der Waals surface area contributed by atoms with Gasteiger partial charge in [0, 0.05) is 24.8 Å². The number of phenolic OH excluding ortho intramolecular Hbond substituents is 1. The highest BCUT2D eigenvalue weighted by atomic mass is 16.5. The molecule has 3 rings (SSSR count). The molecule has 0 radical (unpaired) electrons. The number of rotatable bonds is 9. The van der Waals surface area contributed by atoms with Crippen molar-refractivity contribution in [2.45, 2.75) is 25.3 Å². The molecule has 2 N–H and O–H groups in total. The largest absolute Gasteiger partial charge is 0.508 e. The number of hydrogen-bond donors (Lipinski definition) is 2. The minimum absolute atomic E-state index is 0.0314. The summed E-state index contributed by atoms with van der Waals surface area (Å²) in [5, 5.41) is 12.0. The minimum Gasteiger partial charge on any atom is -0.508 e. The average molecular weight is 431 g/mol. The van der Waals surface area contributed by atoms with Crippen LogP contribution in [0.5, 0.6) is 5.75 Å². The summed E-state index contributed by atoms with van der Waals surface area (Å²) in [6, 6.07) is 22.6. The van der Waals surface area contributed by atoms with E-state index in [-0.39, 0.29) is 30.8 Å². The van der Waals surface area contributed by atoms with Gasteiger partial charge in [-0.2, -0.15) is 0 Å². The number of Topliss-reactive ketones (excluding diaryl/α,β-unsaturated/α-hetero) is 1. The Balaban J connectivity index is 1.55. The number of aromatic hydroxyl groups is 1. The van der Waals surface area contributed by atoms with E-state index in [9.17, 15) is 19.5 Å². The van der Waals surface area contributed by atoms with Crippen LogP contribution in [0.1, 0.15) is 28.8 Å². The topological polar surface area (TPSA) is 92.7 Å². The second-order valence-electron chi connectivity index (χ2n) is 7.38. The van der Waals surface area contributed by atoms with E-state index in [1.165, 1.54) is 19.2 Å². The zero-order chi connectivity index (χ0) is 22.9. The summed E-state index contributed by atoms with van der Waals surface area (Å²) in [6.07, 6.45) is 0.208. The molecular weight excluding hydrogens is 406 g/mol. The Bertz CT molecular complexity index is 1060. The Hall–Kier alpha value is -3.93. The molecule has 0 bridgehead atoms. The maximum Gasteiger partial charge on any atom is 0.328 e. The minimum atomic E-state index is -0.877. The highest BCUT2D eigenvalue weighted by Gasteiger charge is 2.22. The third-order valence-corrected chi connectivity index (χ3v) is 5.09. The van der Waals surface area contributed by atoms with Gasteiger partial charge in [0.15, 0.2) is 5.78 Å². The third-order valence-electron chi connectivity index (χ3n) is 5.09. The third kappa shape index (κ3) is 6.28. The van der Waals surface area contributed by atoms with Gasteiger partial charge in [0.1, 0.15) is 11.8 Å². The van der Waals surface area contributed by atoms with Crippen molar-refractivity contribution in [3.05, 3.63) is 90.0 Å². The molecule has 1 atom stereocenters. The number of nitrogens with one attached hydrogen (secondary N) is 1.